The van der Waals surface area contributed by atoms with Gasteiger partial charge in [-0.2, -0.15) is 0 Å². The number of unbranched alkanes of at least 4 members (excludes halogenated alkanes) is 9. The van der Waals surface area contributed by atoms with Gasteiger partial charge in [0, 0.05) is 10.9 Å². The number of halogens is 1. The van der Waals surface area contributed by atoms with Crippen LogP contribution in [0.4, 0.5) is 0 Å². The highest BCUT2D eigenvalue weighted by molar-refractivity contribution is 9.10. The SMILES string of the molecule is CCCCCCCCCCCCOC(=O)CCC(=O)OCCc1cccc(Br)c1. The number of carbonyl (C=O) groups is 2. The number of hydrogen-bond acceptors (Lipinski definition) is 4. The molecule has 1 rings (SSSR count). The third-order valence-electron chi connectivity index (χ3n) is 4.84. The van der Waals surface area contributed by atoms with Crippen LogP contribution in [0.25, 0.3) is 0 Å². The van der Waals surface area contributed by atoms with Crippen molar-refractivity contribution in [2.75, 3.05) is 13.2 Å². The lowest BCUT2D eigenvalue weighted by atomic mass is 10.1. The van der Waals surface area contributed by atoms with Gasteiger partial charge in [-0.3, -0.25) is 9.59 Å². The number of carbonyl (C=O) groups excluding carboxylic acids is 2. The van der Waals surface area contributed by atoms with Crippen LogP contribution in [0.3, 0.4) is 0 Å². The van der Waals surface area contributed by atoms with Crippen molar-refractivity contribution < 1.29 is 19.1 Å². The molecular weight excluding hydrogens is 432 g/mol. The van der Waals surface area contributed by atoms with Crippen molar-refractivity contribution in [1.29, 1.82) is 0 Å². The first-order chi connectivity index (χ1) is 14.1. The van der Waals surface area contributed by atoms with Crippen molar-refractivity contribution in [1.82, 2.24) is 0 Å². The van der Waals surface area contributed by atoms with E-state index in [1.807, 2.05) is 24.3 Å². The van der Waals surface area contributed by atoms with Crippen LogP contribution in [-0.4, -0.2) is 25.2 Å². The van der Waals surface area contributed by atoms with Gasteiger partial charge < -0.3 is 9.47 Å². The molecule has 0 saturated carbocycles. The van der Waals surface area contributed by atoms with Crippen LogP contribution in [0.15, 0.2) is 28.7 Å². The monoisotopic (exact) mass is 468 g/mol. The summed E-state index contributed by atoms with van der Waals surface area (Å²) < 4.78 is 11.4. The molecule has 0 aliphatic heterocycles. The Morgan fingerprint density at radius 2 is 1.34 bits per heavy atom. The van der Waals surface area contributed by atoms with E-state index < -0.39 is 0 Å². The Morgan fingerprint density at radius 1 is 0.793 bits per heavy atom. The van der Waals surface area contributed by atoms with E-state index in [1.54, 1.807) is 0 Å². The summed E-state index contributed by atoms with van der Waals surface area (Å²) in [5.41, 5.74) is 1.10. The summed E-state index contributed by atoms with van der Waals surface area (Å²) >= 11 is 3.42. The Kier molecular flexibility index (Phi) is 15.5. The smallest absolute Gasteiger partial charge is 0.306 e. The van der Waals surface area contributed by atoms with Crippen LogP contribution in [0, 0.1) is 0 Å². The zero-order valence-electron chi connectivity index (χ0n) is 17.9. The van der Waals surface area contributed by atoms with Crippen molar-refractivity contribution in [3.63, 3.8) is 0 Å². The zero-order valence-corrected chi connectivity index (χ0v) is 19.5. The highest BCUT2D eigenvalue weighted by Crippen LogP contribution is 2.12. The summed E-state index contributed by atoms with van der Waals surface area (Å²) in [5, 5.41) is 0. The number of hydrogen-bond donors (Lipinski definition) is 0. The summed E-state index contributed by atoms with van der Waals surface area (Å²) in [6, 6.07) is 7.89. The third-order valence-corrected chi connectivity index (χ3v) is 5.33. The predicted octanol–water partition coefficient (Wildman–Crippen LogP) is 6.78. The van der Waals surface area contributed by atoms with Gasteiger partial charge in [-0.25, -0.2) is 0 Å². The van der Waals surface area contributed by atoms with Crippen LogP contribution in [0.2, 0.25) is 0 Å². The lowest BCUT2D eigenvalue weighted by Gasteiger charge is -2.06. The van der Waals surface area contributed by atoms with Crippen molar-refractivity contribution in [2.45, 2.75) is 90.4 Å². The van der Waals surface area contributed by atoms with Gasteiger partial charge in [0.25, 0.3) is 0 Å². The summed E-state index contributed by atoms with van der Waals surface area (Å²) in [5.74, 6) is -0.666. The van der Waals surface area contributed by atoms with E-state index in [1.165, 1.54) is 51.4 Å². The lowest BCUT2D eigenvalue weighted by Crippen LogP contribution is -2.12. The molecule has 0 fully saturated rings. The Labute approximate surface area is 184 Å². The quantitative estimate of drug-likeness (QED) is 0.186. The minimum Gasteiger partial charge on any atom is -0.466 e. The van der Waals surface area contributed by atoms with Gasteiger partial charge >= 0.3 is 11.9 Å². The second kappa shape index (κ2) is 17.5. The fraction of sp³-hybridized carbons (Fsp3) is 0.667. The largest absolute Gasteiger partial charge is 0.466 e. The van der Waals surface area contributed by atoms with E-state index in [2.05, 4.69) is 22.9 Å². The fourth-order valence-corrected chi connectivity index (χ4v) is 3.55. The molecule has 0 heterocycles. The number of ether oxygens (including phenoxy) is 2. The minimum absolute atomic E-state index is 0.0787. The molecule has 0 spiro atoms. The van der Waals surface area contributed by atoms with E-state index in [-0.39, 0.29) is 24.8 Å². The van der Waals surface area contributed by atoms with Gasteiger partial charge in [-0.05, 0) is 24.1 Å². The maximum atomic E-state index is 11.7. The van der Waals surface area contributed by atoms with Gasteiger partial charge in [0.2, 0.25) is 0 Å². The molecule has 0 radical (unpaired) electrons. The molecule has 0 aliphatic carbocycles. The van der Waals surface area contributed by atoms with Gasteiger partial charge in [0.1, 0.15) is 0 Å². The second-order valence-corrected chi connectivity index (χ2v) is 8.42. The first-order valence-corrected chi connectivity index (χ1v) is 12.0. The number of esters is 2. The predicted molar refractivity (Wildman–Crippen MR) is 121 cm³/mol. The van der Waals surface area contributed by atoms with Gasteiger partial charge in [-0.15, -0.1) is 0 Å². The van der Waals surface area contributed by atoms with Gasteiger partial charge in [-0.1, -0.05) is 92.8 Å². The standard InChI is InChI=1S/C24H37BrO4/c1-2-3-4-5-6-7-8-9-10-11-18-28-23(26)15-16-24(27)29-19-17-21-13-12-14-22(25)20-21/h12-14,20H,2-11,15-19H2,1H3. The molecule has 0 bridgehead atoms. The first-order valence-electron chi connectivity index (χ1n) is 11.2. The maximum Gasteiger partial charge on any atom is 0.306 e. The third kappa shape index (κ3) is 15.2. The van der Waals surface area contributed by atoms with Gasteiger partial charge in [0.05, 0.1) is 26.1 Å². The molecule has 164 valence electrons. The van der Waals surface area contributed by atoms with Crippen molar-refractivity contribution in [3.8, 4) is 0 Å². The molecule has 1 aromatic rings. The Balaban J connectivity index is 1.91. The molecule has 0 amide bonds. The van der Waals surface area contributed by atoms with Gasteiger partial charge in [0.15, 0.2) is 0 Å². The van der Waals surface area contributed by atoms with Crippen LogP contribution >= 0.6 is 15.9 Å². The molecule has 5 heteroatoms. The first kappa shape index (κ1) is 25.7. The van der Waals surface area contributed by atoms with Crippen molar-refractivity contribution >= 4 is 27.9 Å². The molecule has 0 unspecified atom stereocenters. The Hall–Kier alpha value is -1.36. The normalized spacial score (nSPS) is 10.7. The van der Waals surface area contributed by atoms with Crippen LogP contribution in [0.1, 0.15) is 89.5 Å². The van der Waals surface area contributed by atoms with Crippen LogP contribution in [-0.2, 0) is 25.5 Å². The summed E-state index contributed by atoms with van der Waals surface area (Å²) in [7, 11) is 0. The van der Waals surface area contributed by atoms with Crippen molar-refractivity contribution in [2.24, 2.45) is 0 Å². The Morgan fingerprint density at radius 3 is 1.93 bits per heavy atom. The van der Waals surface area contributed by atoms with E-state index in [9.17, 15) is 9.59 Å². The lowest BCUT2D eigenvalue weighted by molar-refractivity contribution is -0.150. The van der Waals surface area contributed by atoms with E-state index in [0.717, 1.165) is 22.9 Å². The fourth-order valence-electron chi connectivity index (χ4n) is 3.10. The number of rotatable bonds is 17. The zero-order chi connectivity index (χ0) is 21.2. The molecular formula is C24H37BrO4. The maximum absolute atomic E-state index is 11.7. The molecule has 0 atom stereocenters. The molecule has 0 aromatic heterocycles. The summed E-state index contributed by atoms with van der Waals surface area (Å²) in [6.45, 7) is 3.02. The van der Waals surface area contributed by atoms with Crippen LogP contribution < -0.4 is 0 Å². The molecule has 4 nitrogen and oxygen atoms in total. The molecule has 0 saturated heterocycles. The summed E-state index contributed by atoms with van der Waals surface area (Å²) in [4.78, 5) is 23.4. The van der Waals surface area contributed by atoms with Crippen molar-refractivity contribution in [3.05, 3.63) is 34.3 Å². The Bertz CT molecular complexity index is 574. The molecule has 29 heavy (non-hydrogen) atoms. The topological polar surface area (TPSA) is 52.6 Å². The average molecular weight is 469 g/mol. The molecule has 1 aromatic carbocycles. The van der Waals surface area contributed by atoms with E-state index in [0.29, 0.717) is 19.6 Å². The average Bonchev–Trinajstić information content (AvgIpc) is 2.70. The van der Waals surface area contributed by atoms with E-state index >= 15 is 0 Å². The highest BCUT2D eigenvalue weighted by Gasteiger charge is 2.09. The summed E-state index contributed by atoms with van der Waals surface area (Å²) in [6.07, 6.45) is 13.3. The second-order valence-electron chi connectivity index (χ2n) is 7.50. The highest BCUT2D eigenvalue weighted by atomic mass is 79.9. The number of benzene rings is 1. The van der Waals surface area contributed by atoms with E-state index in [4.69, 9.17) is 9.47 Å². The van der Waals surface area contributed by atoms with Crippen LogP contribution in [0.5, 0.6) is 0 Å². The molecule has 0 N–H and O–H groups in total. The molecule has 0 aliphatic rings. The minimum atomic E-state index is -0.351.